The lowest BCUT2D eigenvalue weighted by Crippen LogP contribution is -2.18. The van der Waals surface area contributed by atoms with E-state index in [1.807, 2.05) is 6.92 Å². The molecule has 1 unspecified atom stereocenters. The summed E-state index contributed by atoms with van der Waals surface area (Å²) >= 11 is 1.14. The predicted molar refractivity (Wildman–Crippen MR) is 90.0 cm³/mol. The van der Waals surface area contributed by atoms with Crippen LogP contribution in [0.1, 0.15) is 18.2 Å². The van der Waals surface area contributed by atoms with Gasteiger partial charge >= 0.3 is 0 Å². The number of aliphatic hydroxyl groups is 1. The highest BCUT2D eigenvalue weighted by molar-refractivity contribution is 7.19. The van der Waals surface area contributed by atoms with Crippen LogP contribution in [0.4, 0.5) is 4.39 Å². The second-order valence-electron chi connectivity index (χ2n) is 5.07. The van der Waals surface area contributed by atoms with Gasteiger partial charge in [-0.25, -0.2) is 9.37 Å². The molecule has 0 aliphatic heterocycles. The summed E-state index contributed by atoms with van der Waals surface area (Å²) in [6.07, 6.45) is 1.04. The zero-order chi connectivity index (χ0) is 17.3. The summed E-state index contributed by atoms with van der Waals surface area (Å²) in [6, 6.07) is 5.20. The van der Waals surface area contributed by atoms with Gasteiger partial charge in [0.05, 0.1) is 16.1 Å². The van der Waals surface area contributed by atoms with E-state index in [0.29, 0.717) is 21.5 Å². The molecule has 1 atom stereocenters. The van der Waals surface area contributed by atoms with Crippen molar-refractivity contribution in [2.45, 2.75) is 19.4 Å². The maximum atomic E-state index is 14.0. The first-order chi connectivity index (χ1) is 11.5. The van der Waals surface area contributed by atoms with Crippen molar-refractivity contribution in [2.75, 3.05) is 0 Å². The van der Waals surface area contributed by atoms with Crippen molar-refractivity contribution in [3.63, 3.8) is 0 Å². The molecule has 0 saturated heterocycles. The van der Waals surface area contributed by atoms with Crippen LogP contribution in [-0.4, -0.2) is 25.9 Å². The van der Waals surface area contributed by atoms with Gasteiger partial charge < -0.3 is 10.2 Å². The Morgan fingerprint density at radius 2 is 2.21 bits per heavy atom. The minimum Gasteiger partial charge on any atom is -0.508 e. The molecule has 0 aliphatic carbocycles. The van der Waals surface area contributed by atoms with E-state index in [2.05, 4.69) is 16.8 Å². The van der Waals surface area contributed by atoms with E-state index < -0.39 is 17.5 Å². The van der Waals surface area contributed by atoms with Gasteiger partial charge in [-0.05, 0) is 24.6 Å². The molecule has 0 bridgehead atoms. The molecule has 3 aromatic rings. The topological polar surface area (TPSA) is 75.3 Å². The summed E-state index contributed by atoms with van der Waals surface area (Å²) in [5.74, 6) is 4.55. The van der Waals surface area contributed by atoms with E-state index in [4.69, 9.17) is 0 Å². The van der Waals surface area contributed by atoms with Crippen molar-refractivity contribution in [1.82, 2.24) is 9.55 Å². The lowest BCUT2D eigenvalue weighted by molar-refractivity contribution is 0.228. The molecule has 0 aliphatic rings. The minimum atomic E-state index is -0.721. The SMILES string of the molecule is CCC(O)C#Cc1cc2ncn(-c3ccc(O)cc3F)c(=O)c2s1. The third-order valence-electron chi connectivity index (χ3n) is 3.38. The van der Waals surface area contributed by atoms with Gasteiger partial charge in [0, 0.05) is 6.07 Å². The van der Waals surface area contributed by atoms with Gasteiger partial charge in [0.25, 0.3) is 5.56 Å². The highest BCUT2D eigenvalue weighted by Gasteiger charge is 2.12. The van der Waals surface area contributed by atoms with Gasteiger partial charge in [0.15, 0.2) is 5.82 Å². The molecule has 0 amide bonds. The van der Waals surface area contributed by atoms with Gasteiger partial charge in [-0.1, -0.05) is 18.8 Å². The number of fused-ring (bicyclic) bond motifs is 1. The Labute approximate surface area is 140 Å². The number of aliphatic hydroxyl groups excluding tert-OH is 1. The highest BCUT2D eigenvalue weighted by Crippen LogP contribution is 2.22. The van der Waals surface area contributed by atoms with Gasteiger partial charge in [0.1, 0.15) is 22.9 Å². The first kappa shape index (κ1) is 16.2. The van der Waals surface area contributed by atoms with Gasteiger partial charge in [-0.2, -0.15) is 0 Å². The van der Waals surface area contributed by atoms with Crippen LogP contribution < -0.4 is 5.56 Å². The Kier molecular flexibility index (Phi) is 4.34. The van der Waals surface area contributed by atoms with Crippen LogP contribution in [0.3, 0.4) is 0 Å². The van der Waals surface area contributed by atoms with Crippen LogP contribution in [0.15, 0.2) is 35.4 Å². The molecule has 2 N–H and O–H groups in total. The fourth-order valence-electron chi connectivity index (χ4n) is 2.09. The van der Waals surface area contributed by atoms with Crippen molar-refractivity contribution in [2.24, 2.45) is 0 Å². The van der Waals surface area contributed by atoms with E-state index in [0.717, 1.165) is 22.0 Å². The summed E-state index contributed by atoms with van der Waals surface area (Å²) in [4.78, 5) is 17.3. The van der Waals surface area contributed by atoms with E-state index in [9.17, 15) is 19.4 Å². The van der Waals surface area contributed by atoms with Crippen molar-refractivity contribution in [3.8, 4) is 23.3 Å². The average molecular weight is 344 g/mol. The number of rotatable bonds is 2. The largest absolute Gasteiger partial charge is 0.508 e. The third-order valence-corrected chi connectivity index (χ3v) is 4.40. The molecule has 24 heavy (non-hydrogen) atoms. The number of thiophene rings is 1. The van der Waals surface area contributed by atoms with Crippen molar-refractivity contribution in [3.05, 3.63) is 51.6 Å². The Hall–Kier alpha value is -2.69. The number of hydrogen-bond acceptors (Lipinski definition) is 5. The van der Waals surface area contributed by atoms with Crippen LogP contribution in [0.5, 0.6) is 5.75 Å². The molecule has 2 aromatic heterocycles. The fourth-order valence-corrected chi connectivity index (χ4v) is 3.00. The lowest BCUT2D eigenvalue weighted by atomic mass is 10.2. The van der Waals surface area contributed by atoms with Crippen LogP contribution in [-0.2, 0) is 0 Å². The summed E-state index contributed by atoms with van der Waals surface area (Å²) in [5.41, 5.74) is 0.0593. The number of phenols is 1. The Bertz CT molecular complexity index is 1030. The number of aromatic hydroxyl groups is 1. The van der Waals surface area contributed by atoms with Crippen LogP contribution in [0.2, 0.25) is 0 Å². The number of aromatic nitrogens is 2. The maximum absolute atomic E-state index is 14.0. The quantitative estimate of drug-likeness (QED) is 0.700. The molecule has 2 heterocycles. The highest BCUT2D eigenvalue weighted by atomic mass is 32.1. The maximum Gasteiger partial charge on any atom is 0.275 e. The van der Waals surface area contributed by atoms with Crippen molar-refractivity contribution in [1.29, 1.82) is 0 Å². The van der Waals surface area contributed by atoms with Crippen LogP contribution in [0.25, 0.3) is 15.9 Å². The summed E-state index contributed by atoms with van der Waals surface area (Å²) in [7, 11) is 0. The molecule has 0 spiro atoms. The van der Waals surface area contributed by atoms with Crippen molar-refractivity contribution < 1.29 is 14.6 Å². The molecule has 3 rings (SSSR count). The van der Waals surface area contributed by atoms with Gasteiger partial charge in [0.2, 0.25) is 0 Å². The Balaban J connectivity index is 2.11. The van der Waals surface area contributed by atoms with E-state index in [-0.39, 0.29) is 11.4 Å². The van der Waals surface area contributed by atoms with Crippen LogP contribution >= 0.6 is 11.3 Å². The predicted octanol–water partition coefficient (Wildman–Crippen LogP) is 2.41. The molecule has 5 nitrogen and oxygen atoms in total. The zero-order valence-corrected chi connectivity index (χ0v) is 13.5. The number of nitrogens with zero attached hydrogens (tertiary/aromatic N) is 2. The second-order valence-corrected chi connectivity index (χ2v) is 6.13. The van der Waals surface area contributed by atoms with Gasteiger partial charge in [-0.3, -0.25) is 9.36 Å². The first-order valence-corrected chi connectivity index (χ1v) is 8.01. The number of hydrogen-bond donors (Lipinski definition) is 2. The monoisotopic (exact) mass is 344 g/mol. The fraction of sp³-hybridized carbons (Fsp3) is 0.176. The molecular weight excluding hydrogens is 331 g/mol. The van der Waals surface area contributed by atoms with Crippen LogP contribution in [0, 0.1) is 17.7 Å². The Morgan fingerprint density at radius 3 is 2.92 bits per heavy atom. The average Bonchev–Trinajstić information content (AvgIpc) is 2.98. The molecule has 7 heteroatoms. The molecule has 122 valence electrons. The number of halogens is 1. The first-order valence-electron chi connectivity index (χ1n) is 7.19. The molecule has 1 aromatic carbocycles. The molecule has 0 fully saturated rings. The standard InChI is InChI=1S/C17H13FN2O3S/c1-2-10(21)3-5-12-8-14-16(24-12)17(23)20(9-19-14)15-6-4-11(22)7-13(15)18/h4,6-10,21-22H,2H2,1H3. The second kappa shape index (κ2) is 6.43. The summed E-state index contributed by atoms with van der Waals surface area (Å²) in [5, 5.41) is 18.8. The zero-order valence-electron chi connectivity index (χ0n) is 12.7. The number of phenolic OH excluding ortho intramolecular Hbond substituents is 1. The molecule has 0 radical (unpaired) electrons. The van der Waals surface area contributed by atoms with Gasteiger partial charge in [-0.15, -0.1) is 11.3 Å². The van der Waals surface area contributed by atoms with E-state index >= 15 is 0 Å². The van der Waals surface area contributed by atoms with E-state index in [1.54, 1.807) is 6.07 Å². The molecular formula is C17H13FN2O3S. The van der Waals surface area contributed by atoms with E-state index in [1.165, 1.54) is 18.5 Å². The molecule has 0 saturated carbocycles. The normalized spacial score (nSPS) is 12.0. The lowest BCUT2D eigenvalue weighted by Gasteiger charge is -2.06. The Morgan fingerprint density at radius 1 is 1.42 bits per heavy atom. The minimum absolute atomic E-state index is 0.00893. The third kappa shape index (κ3) is 3.02. The smallest absolute Gasteiger partial charge is 0.275 e. The van der Waals surface area contributed by atoms with Crippen molar-refractivity contribution >= 4 is 21.6 Å². The summed E-state index contributed by atoms with van der Waals surface area (Å²) in [6.45, 7) is 1.82. The number of benzene rings is 1. The summed E-state index contributed by atoms with van der Waals surface area (Å²) < 4.78 is 15.4.